The van der Waals surface area contributed by atoms with Gasteiger partial charge in [-0.25, -0.2) is 4.98 Å². The van der Waals surface area contributed by atoms with E-state index in [-0.39, 0.29) is 6.04 Å². The van der Waals surface area contributed by atoms with Crippen molar-refractivity contribution in [3.05, 3.63) is 35.7 Å². The lowest BCUT2D eigenvalue weighted by Gasteiger charge is -2.33. The van der Waals surface area contributed by atoms with Gasteiger partial charge in [-0.05, 0) is 38.1 Å². The second kappa shape index (κ2) is 6.67. The molecule has 0 saturated carbocycles. The number of aromatic nitrogens is 1. The summed E-state index contributed by atoms with van der Waals surface area (Å²) >= 11 is 0. The lowest BCUT2D eigenvalue weighted by atomic mass is 10.1. The van der Waals surface area contributed by atoms with Crippen LogP contribution in [0.25, 0.3) is 0 Å². The topological polar surface area (TPSA) is 78.2 Å². The first-order valence-corrected chi connectivity index (χ1v) is 7.67. The molecular weight excluding hydrogens is 280 g/mol. The van der Waals surface area contributed by atoms with Crippen molar-refractivity contribution in [1.82, 2.24) is 9.88 Å². The average Bonchev–Trinajstić information content (AvgIpc) is 3.18. The van der Waals surface area contributed by atoms with Crippen LogP contribution in [0.3, 0.4) is 0 Å². The van der Waals surface area contributed by atoms with Crippen LogP contribution in [0.1, 0.15) is 42.6 Å². The molecule has 0 radical (unpaired) electrons. The summed E-state index contributed by atoms with van der Waals surface area (Å²) in [6.07, 6.45) is 5.41. The average molecular weight is 300 g/mol. The molecule has 1 fully saturated rings. The highest BCUT2D eigenvalue weighted by molar-refractivity contribution is 5.45. The van der Waals surface area contributed by atoms with E-state index in [1.54, 1.807) is 13.2 Å². The second-order valence-corrected chi connectivity index (χ2v) is 5.53. The quantitative estimate of drug-likeness (QED) is 0.914. The Morgan fingerprint density at radius 2 is 2.23 bits per heavy atom. The fourth-order valence-electron chi connectivity index (χ4n) is 2.93. The second-order valence-electron chi connectivity index (χ2n) is 5.53. The first-order chi connectivity index (χ1) is 10.8. The molecule has 1 atom stereocenters. The molecular formula is C16H20N4O2. The van der Waals surface area contributed by atoms with E-state index in [2.05, 4.69) is 21.3 Å². The summed E-state index contributed by atoms with van der Waals surface area (Å²) in [6, 6.07) is 6.09. The summed E-state index contributed by atoms with van der Waals surface area (Å²) in [7, 11) is 0. The largest absolute Gasteiger partial charge is 0.468 e. The molecule has 2 aromatic rings. The standard InChI is InChI=1S/C16H20N4O2/c1-12-19-13(10-17)16(22-12)18-11-14(15-6-5-9-21-15)20-7-3-2-4-8-20/h5-6,9,14,18H,2-4,7-8,11H2,1H3. The number of aryl methyl sites for hydroxylation is 1. The Morgan fingerprint density at radius 1 is 1.41 bits per heavy atom. The summed E-state index contributed by atoms with van der Waals surface area (Å²) in [5.41, 5.74) is 0.300. The number of hydrogen-bond acceptors (Lipinski definition) is 6. The number of nitrogens with one attached hydrogen (secondary N) is 1. The summed E-state index contributed by atoms with van der Waals surface area (Å²) in [5.74, 6) is 1.87. The molecule has 6 nitrogen and oxygen atoms in total. The maximum absolute atomic E-state index is 9.09. The summed E-state index contributed by atoms with van der Waals surface area (Å²) in [5, 5.41) is 12.3. The molecule has 0 aliphatic carbocycles. The van der Waals surface area contributed by atoms with Gasteiger partial charge < -0.3 is 14.2 Å². The van der Waals surface area contributed by atoms with Crippen LogP contribution >= 0.6 is 0 Å². The van der Waals surface area contributed by atoms with E-state index in [4.69, 9.17) is 14.1 Å². The Balaban J connectivity index is 1.74. The van der Waals surface area contributed by atoms with Crippen molar-refractivity contribution >= 4 is 5.88 Å². The van der Waals surface area contributed by atoms with Crippen LogP contribution in [-0.2, 0) is 0 Å². The zero-order valence-corrected chi connectivity index (χ0v) is 12.7. The molecule has 1 aliphatic rings. The Kier molecular flexibility index (Phi) is 4.45. The number of furan rings is 1. The monoisotopic (exact) mass is 300 g/mol. The molecule has 22 heavy (non-hydrogen) atoms. The first-order valence-electron chi connectivity index (χ1n) is 7.67. The Labute approximate surface area is 129 Å². The minimum absolute atomic E-state index is 0.132. The van der Waals surface area contributed by atoms with Crippen LogP contribution in [0, 0.1) is 18.3 Å². The van der Waals surface area contributed by atoms with E-state index < -0.39 is 0 Å². The highest BCUT2D eigenvalue weighted by Gasteiger charge is 2.25. The molecule has 1 saturated heterocycles. The van der Waals surface area contributed by atoms with Crippen LogP contribution < -0.4 is 5.32 Å². The minimum Gasteiger partial charge on any atom is -0.468 e. The molecule has 0 spiro atoms. The van der Waals surface area contributed by atoms with Crippen molar-refractivity contribution in [2.24, 2.45) is 0 Å². The fraction of sp³-hybridized carbons (Fsp3) is 0.500. The molecule has 2 aromatic heterocycles. The van der Waals surface area contributed by atoms with Gasteiger partial charge in [-0.2, -0.15) is 5.26 Å². The Morgan fingerprint density at radius 3 is 2.91 bits per heavy atom. The maximum atomic E-state index is 9.09. The van der Waals surface area contributed by atoms with Gasteiger partial charge in [0, 0.05) is 13.5 Å². The Bertz CT molecular complexity index is 636. The molecule has 1 aliphatic heterocycles. The number of piperidine rings is 1. The summed E-state index contributed by atoms with van der Waals surface area (Å²) in [6.45, 7) is 4.48. The number of hydrogen-bond donors (Lipinski definition) is 1. The molecule has 6 heteroatoms. The number of anilines is 1. The molecule has 3 rings (SSSR count). The summed E-state index contributed by atoms with van der Waals surface area (Å²) in [4.78, 5) is 6.48. The third-order valence-electron chi connectivity index (χ3n) is 4.00. The van der Waals surface area contributed by atoms with Crippen molar-refractivity contribution < 1.29 is 8.83 Å². The van der Waals surface area contributed by atoms with Gasteiger partial charge in [-0.3, -0.25) is 4.90 Å². The lowest BCUT2D eigenvalue weighted by Crippen LogP contribution is -2.37. The predicted octanol–water partition coefficient (Wildman–Crippen LogP) is 3.09. The van der Waals surface area contributed by atoms with Gasteiger partial charge in [0.05, 0.1) is 12.3 Å². The molecule has 0 amide bonds. The van der Waals surface area contributed by atoms with Gasteiger partial charge in [-0.15, -0.1) is 0 Å². The number of likely N-dealkylation sites (tertiary alicyclic amines) is 1. The van der Waals surface area contributed by atoms with Crippen LogP contribution in [-0.4, -0.2) is 29.5 Å². The van der Waals surface area contributed by atoms with Gasteiger partial charge in [0.2, 0.25) is 11.6 Å². The molecule has 1 unspecified atom stereocenters. The SMILES string of the molecule is Cc1nc(C#N)c(NCC(c2ccco2)N2CCCCC2)o1. The maximum Gasteiger partial charge on any atom is 0.232 e. The third-order valence-corrected chi connectivity index (χ3v) is 4.00. The van der Waals surface area contributed by atoms with Crippen LogP contribution in [0.2, 0.25) is 0 Å². The van der Waals surface area contributed by atoms with Gasteiger partial charge in [-0.1, -0.05) is 6.42 Å². The van der Waals surface area contributed by atoms with Gasteiger partial charge in [0.25, 0.3) is 0 Å². The minimum atomic E-state index is 0.132. The van der Waals surface area contributed by atoms with Crippen molar-refractivity contribution in [2.75, 3.05) is 25.0 Å². The van der Waals surface area contributed by atoms with Crippen LogP contribution in [0.15, 0.2) is 27.2 Å². The third kappa shape index (κ3) is 3.15. The molecule has 3 heterocycles. The van der Waals surface area contributed by atoms with E-state index in [1.165, 1.54) is 19.3 Å². The molecule has 1 N–H and O–H groups in total. The summed E-state index contributed by atoms with van der Waals surface area (Å²) < 4.78 is 11.1. The zero-order chi connectivity index (χ0) is 15.4. The van der Waals surface area contributed by atoms with E-state index >= 15 is 0 Å². The first kappa shape index (κ1) is 14.7. The smallest absolute Gasteiger partial charge is 0.232 e. The normalized spacial score (nSPS) is 17.1. The molecule has 0 bridgehead atoms. The van der Waals surface area contributed by atoms with Gasteiger partial charge in [0.1, 0.15) is 11.8 Å². The van der Waals surface area contributed by atoms with E-state index in [0.717, 1.165) is 18.8 Å². The lowest BCUT2D eigenvalue weighted by molar-refractivity contribution is 0.152. The molecule has 116 valence electrons. The van der Waals surface area contributed by atoms with Crippen LogP contribution in [0.4, 0.5) is 5.88 Å². The van der Waals surface area contributed by atoms with Crippen molar-refractivity contribution in [1.29, 1.82) is 5.26 Å². The van der Waals surface area contributed by atoms with Gasteiger partial charge in [0.15, 0.2) is 5.89 Å². The Hall–Kier alpha value is -2.26. The number of rotatable bonds is 5. The highest BCUT2D eigenvalue weighted by Crippen LogP contribution is 2.26. The fourth-order valence-corrected chi connectivity index (χ4v) is 2.93. The van der Waals surface area contributed by atoms with Crippen molar-refractivity contribution in [2.45, 2.75) is 32.2 Å². The zero-order valence-electron chi connectivity index (χ0n) is 12.7. The predicted molar refractivity (Wildman–Crippen MR) is 81.3 cm³/mol. The van der Waals surface area contributed by atoms with E-state index in [1.807, 2.05) is 12.1 Å². The van der Waals surface area contributed by atoms with Crippen molar-refractivity contribution in [3.63, 3.8) is 0 Å². The van der Waals surface area contributed by atoms with Crippen LogP contribution in [0.5, 0.6) is 0 Å². The number of nitrogens with zero attached hydrogens (tertiary/aromatic N) is 3. The number of oxazole rings is 1. The molecule has 0 aromatic carbocycles. The highest BCUT2D eigenvalue weighted by atomic mass is 16.4. The number of nitriles is 1. The van der Waals surface area contributed by atoms with E-state index in [0.29, 0.717) is 24.0 Å². The van der Waals surface area contributed by atoms with E-state index in [9.17, 15) is 0 Å². The van der Waals surface area contributed by atoms with Crippen molar-refractivity contribution in [3.8, 4) is 6.07 Å². The van der Waals surface area contributed by atoms with Gasteiger partial charge >= 0.3 is 0 Å².